The molecule has 3 rings (SSSR count). The van der Waals surface area contributed by atoms with E-state index < -0.39 is 35.7 Å². The number of hydrogen-bond donors (Lipinski definition) is 2. The Labute approximate surface area is 225 Å². The number of ether oxygens (including phenoxy) is 1. The topological polar surface area (TPSA) is 94.3 Å². The van der Waals surface area contributed by atoms with Crippen molar-refractivity contribution in [1.82, 2.24) is 10.3 Å². The highest BCUT2D eigenvalue weighted by Gasteiger charge is 2.31. The first-order valence-corrected chi connectivity index (χ1v) is 12.5. The van der Waals surface area contributed by atoms with E-state index >= 15 is 0 Å². The zero-order valence-electron chi connectivity index (χ0n) is 21.6. The van der Waals surface area contributed by atoms with E-state index in [1.54, 1.807) is 30.3 Å². The van der Waals surface area contributed by atoms with Gasteiger partial charge in [0, 0.05) is 34.8 Å². The van der Waals surface area contributed by atoms with Gasteiger partial charge in [-0.15, -0.1) is 0 Å². The van der Waals surface area contributed by atoms with Crippen molar-refractivity contribution in [3.63, 3.8) is 0 Å². The summed E-state index contributed by atoms with van der Waals surface area (Å²) in [7, 11) is 0. The van der Waals surface area contributed by atoms with E-state index in [2.05, 4.69) is 10.3 Å². The summed E-state index contributed by atoms with van der Waals surface area (Å²) >= 11 is 6.00. The van der Waals surface area contributed by atoms with E-state index in [4.69, 9.17) is 22.1 Å². The van der Waals surface area contributed by atoms with Gasteiger partial charge in [0.1, 0.15) is 0 Å². The van der Waals surface area contributed by atoms with Crippen LogP contribution in [0.2, 0.25) is 5.02 Å². The number of halogens is 4. The summed E-state index contributed by atoms with van der Waals surface area (Å²) in [5, 5.41) is 3.49. The molecule has 3 atom stereocenters. The monoisotopic (exact) mass is 549 g/mol. The molecule has 0 saturated carbocycles. The summed E-state index contributed by atoms with van der Waals surface area (Å²) in [6.07, 6.45) is -4.37. The maximum absolute atomic E-state index is 12.9. The number of nitrogens with two attached hydrogens (primary N) is 1. The van der Waals surface area contributed by atoms with E-state index in [9.17, 15) is 22.8 Å². The number of amides is 2. The second kappa shape index (κ2) is 13.8. The minimum Gasteiger partial charge on any atom is -0.465 e. The maximum Gasteiger partial charge on any atom is 0.417 e. The predicted octanol–water partition coefficient (Wildman–Crippen LogP) is 6.18. The van der Waals surface area contributed by atoms with E-state index in [0.29, 0.717) is 23.2 Å². The van der Waals surface area contributed by atoms with Crippen LogP contribution in [0.1, 0.15) is 60.7 Å². The van der Waals surface area contributed by atoms with Crippen molar-refractivity contribution in [2.75, 3.05) is 0 Å². The lowest BCUT2D eigenvalue weighted by molar-refractivity contribution is -0.138. The van der Waals surface area contributed by atoms with Crippen LogP contribution in [0.15, 0.2) is 66.9 Å². The highest BCUT2D eigenvalue weighted by Crippen LogP contribution is 2.29. The van der Waals surface area contributed by atoms with Gasteiger partial charge >= 0.3 is 6.18 Å². The summed E-state index contributed by atoms with van der Waals surface area (Å²) in [6, 6.07) is 15.7. The van der Waals surface area contributed by atoms with Crippen LogP contribution in [-0.2, 0) is 17.4 Å². The third kappa shape index (κ3) is 8.76. The first kappa shape index (κ1) is 30.6. The molecule has 0 bridgehead atoms. The molecule has 0 aliphatic carbocycles. The van der Waals surface area contributed by atoms with Gasteiger partial charge in [0.2, 0.25) is 11.8 Å². The number of nitrogens with zero attached hydrogens (tertiary/aromatic N) is 1. The van der Waals surface area contributed by atoms with Crippen molar-refractivity contribution in [2.24, 2.45) is 5.73 Å². The fourth-order valence-electron chi connectivity index (χ4n) is 3.67. The maximum atomic E-state index is 12.9. The average molecular weight is 550 g/mol. The van der Waals surface area contributed by atoms with Gasteiger partial charge in [0.25, 0.3) is 5.91 Å². The molecule has 1 heterocycles. The second-order valence-corrected chi connectivity index (χ2v) is 8.80. The third-order valence-corrected chi connectivity index (χ3v) is 5.92. The van der Waals surface area contributed by atoms with E-state index in [1.165, 1.54) is 6.92 Å². The molecular formula is C28H31ClF3N3O3. The standard InChI is InChI=1S/C26H25ClF3N3O3.C2H6/c1-15(33-25(35)16(2)36-23-11-8-20(14-32-23)26(28,29)30)22(12-17-6-9-21(27)10-7-17)18-4-3-5-19(13-18)24(31)34;1-2/h3-11,13-16,22H,12H2,1-2H3,(H2,31,34)(H,33,35);1-2H3/t15?,16?,22-;/m1./s1. The van der Waals surface area contributed by atoms with E-state index in [-0.39, 0.29) is 11.8 Å². The Balaban J connectivity index is 0.00000247. The van der Waals surface area contributed by atoms with Gasteiger partial charge in [0.05, 0.1) is 5.56 Å². The van der Waals surface area contributed by atoms with Crippen molar-refractivity contribution in [3.8, 4) is 5.88 Å². The van der Waals surface area contributed by atoms with Crippen molar-refractivity contribution in [2.45, 2.75) is 58.4 Å². The number of alkyl halides is 3. The van der Waals surface area contributed by atoms with Crippen LogP contribution >= 0.6 is 11.6 Å². The van der Waals surface area contributed by atoms with Crippen LogP contribution in [0.4, 0.5) is 13.2 Å². The summed E-state index contributed by atoms with van der Waals surface area (Å²) in [6.45, 7) is 7.29. The smallest absolute Gasteiger partial charge is 0.417 e. The van der Waals surface area contributed by atoms with E-state index in [1.807, 2.05) is 39.0 Å². The molecule has 10 heteroatoms. The van der Waals surface area contributed by atoms with Gasteiger partial charge in [-0.25, -0.2) is 4.98 Å². The Hall–Kier alpha value is -3.59. The summed E-state index contributed by atoms with van der Waals surface area (Å²) in [5.41, 5.74) is 6.64. The largest absolute Gasteiger partial charge is 0.465 e. The molecule has 0 saturated heterocycles. The third-order valence-electron chi connectivity index (χ3n) is 5.67. The van der Waals surface area contributed by atoms with Gasteiger partial charge in [-0.05, 0) is 61.7 Å². The molecule has 0 spiro atoms. The molecule has 0 radical (unpaired) electrons. The number of rotatable bonds is 9. The molecule has 204 valence electrons. The highest BCUT2D eigenvalue weighted by atomic mass is 35.5. The van der Waals surface area contributed by atoms with Gasteiger partial charge in [-0.3, -0.25) is 9.59 Å². The molecule has 38 heavy (non-hydrogen) atoms. The minimum atomic E-state index is -4.52. The molecule has 0 aliphatic rings. The molecule has 2 unspecified atom stereocenters. The number of carbonyl (C=O) groups is 2. The van der Waals surface area contributed by atoms with E-state index in [0.717, 1.165) is 23.3 Å². The van der Waals surface area contributed by atoms with Crippen molar-refractivity contribution in [1.29, 1.82) is 0 Å². The number of nitrogens with one attached hydrogen (secondary N) is 1. The fourth-order valence-corrected chi connectivity index (χ4v) is 3.80. The lowest BCUT2D eigenvalue weighted by Gasteiger charge is -2.27. The van der Waals surface area contributed by atoms with Gasteiger partial charge in [0.15, 0.2) is 6.10 Å². The zero-order valence-corrected chi connectivity index (χ0v) is 22.3. The molecule has 1 aromatic heterocycles. The Morgan fingerprint density at radius 2 is 1.71 bits per heavy atom. The molecule has 0 fully saturated rings. The lowest BCUT2D eigenvalue weighted by Crippen LogP contribution is -2.44. The van der Waals surface area contributed by atoms with Gasteiger partial charge in [-0.2, -0.15) is 13.2 Å². The normalized spacial score (nSPS) is 13.4. The summed E-state index contributed by atoms with van der Waals surface area (Å²) < 4.78 is 43.7. The molecule has 6 nitrogen and oxygen atoms in total. The van der Waals surface area contributed by atoms with Gasteiger partial charge in [-0.1, -0.05) is 49.7 Å². The molecule has 2 amide bonds. The predicted molar refractivity (Wildman–Crippen MR) is 141 cm³/mol. The Kier molecular flexibility index (Phi) is 11.1. The quantitative estimate of drug-likeness (QED) is 0.333. The number of carbonyl (C=O) groups excluding carboxylic acids is 2. The van der Waals surface area contributed by atoms with Crippen molar-refractivity contribution in [3.05, 3.63) is 94.1 Å². The van der Waals surface area contributed by atoms with Crippen LogP contribution in [0.25, 0.3) is 0 Å². The van der Waals surface area contributed by atoms with Crippen LogP contribution in [0.5, 0.6) is 5.88 Å². The Morgan fingerprint density at radius 1 is 1.05 bits per heavy atom. The summed E-state index contributed by atoms with van der Waals surface area (Å²) in [4.78, 5) is 28.2. The molecule has 3 aromatic rings. The van der Waals surface area contributed by atoms with Crippen molar-refractivity contribution < 1.29 is 27.5 Å². The SMILES string of the molecule is CC.CC(Oc1ccc(C(F)(F)F)cn1)C(=O)NC(C)[C@@H](Cc1ccc(Cl)cc1)c1cccc(C(N)=O)c1. The second-order valence-electron chi connectivity index (χ2n) is 8.37. The van der Waals surface area contributed by atoms with Crippen LogP contribution in [0, 0.1) is 0 Å². The lowest BCUT2D eigenvalue weighted by atomic mass is 9.85. The number of aromatic nitrogens is 1. The number of benzene rings is 2. The first-order chi connectivity index (χ1) is 17.9. The Morgan fingerprint density at radius 3 is 2.26 bits per heavy atom. The molecule has 3 N–H and O–H groups in total. The molecule has 2 aromatic carbocycles. The molecular weight excluding hydrogens is 519 g/mol. The van der Waals surface area contributed by atoms with Crippen LogP contribution < -0.4 is 15.8 Å². The van der Waals surface area contributed by atoms with Crippen molar-refractivity contribution >= 4 is 23.4 Å². The Bertz CT molecular complexity index is 1200. The number of primary amides is 1. The highest BCUT2D eigenvalue weighted by molar-refractivity contribution is 6.30. The van der Waals surface area contributed by atoms with Crippen LogP contribution in [-0.4, -0.2) is 28.9 Å². The minimum absolute atomic E-state index is 0.106. The zero-order chi connectivity index (χ0) is 28.5. The molecule has 0 aliphatic heterocycles. The number of pyridine rings is 1. The summed E-state index contributed by atoms with van der Waals surface area (Å²) in [5.74, 6) is -1.39. The average Bonchev–Trinajstić information content (AvgIpc) is 2.89. The van der Waals surface area contributed by atoms with Gasteiger partial charge < -0.3 is 15.8 Å². The number of hydrogen-bond acceptors (Lipinski definition) is 4. The first-order valence-electron chi connectivity index (χ1n) is 12.1. The van der Waals surface area contributed by atoms with Crippen LogP contribution in [0.3, 0.4) is 0 Å². The fraction of sp³-hybridized carbons (Fsp3) is 0.321.